The number of halogens is 1. The van der Waals surface area contributed by atoms with Crippen LogP contribution < -0.4 is 4.90 Å². The van der Waals surface area contributed by atoms with E-state index in [-0.39, 0.29) is 11.7 Å². The molecule has 1 N–H and O–H groups in total. The highest BCUT2D eigenvalue weighted by Gasteiger charge is 2.24. The molecule has 120 valence electrons. The maximum absolute atomic E-state index is 13.4. The number of carbonyl (C=O) groups excluding carboxylic acids is 1. The Bertz CT molecular complexity index is 725. The first-order valence-corrected chi connectivity index (χ1v) is 7.64. The Balaban J connectivity index is 1.70. The third-order valence-electron chi connectivity index (χ3n) is 4.22. The van der Waals surface area contributed by atoms with Gasteiger partial charge in [0, 0.05) is 31.7 Å². The zero-order chi connectivity index (χ0) is 16.4. The molecule has 5 heteroatoms. The Morgan fingerprint density at radius 2 is 1.78 bits per heavy atom. The van der Waals surface area contributed by atoms with Crippen LogP contribution in [0, 0.1) is 12.7 Å². The number of benzene rings is 2. The second-order valence-corrected chi connectivity index (χ2v) is 5.73. The first kappa shape index (κ1) is 15.3. The van der Waals surface area contributed by atoms with Gasteiger partial charge in [-0.25, -0.2) is 4.39 Å². The fourth-order valence-electron chi connectivity index (χ4n) is 2.88. The number of phenolic OH excluding ortho intramolecular Hbond substituents is 1. The van der Waals surface area contributed by atoms with Crippen LogP contribution in [0.25, 0.3) is 0 Å². The first-order chi connectivity index (χ1) is 11.1. The lowest BCUT2D eigenvalue weighted by atomic mass is 10.1. The molecule has 0 aromatic heterocycles. The van der Waals surface area contributed by atoms with Gasteiger partial charge < -0.3 is 14.9 Å². The Kier molecular flexibility index (Phi) is 4.19. The zero-order valence-corrected chi connectivity index (χ0v) is 13.0. The van der Waals surface area contributed by atoms with Gasteiger partial charge in [0.2, 0.25) is 0 Å². The number of anilines is 1. The van der Waals surface area contributed by atoms with E-state index >= 15 is 0 Å². The fraction of sp³-hybridized carbons (Fsp3) is 0.278. The van der Waals surface area contributed by atoms with E-state index in [1.54, 1.807) is 23.1 Å². The number of piperazine rings is 1. The summed E-state index contributed by atoms with van der Waals surface area (Å²) in [5.41, 5.74) is 1.97. The summed E-state index contributed by atoms with van der Waals surface area (Å²) in [5.74, 6) is -0.293. The van der Waals surface area contributed by atoms with Gasteiger partial charge in [-0.3, -0.25) is 4.79 Å². The second-order valence-electron chi connectivity index (χ2n) is 5.73. The number of phenols is 1. The van der Waals surface area contributed by atoms with Gasteiger partial charge in [0.25, 0.3) is 5.91 Å². The van der Waals surface area contributed by atoms with Gasteiger partial charge in [-0.05, 0) is 36.8 Å². The van der Waals surface area contributed by atoms with Crippen LogP contribution >= 0.6 is 0 Å². The van der Waals surface area contributed by atoms with Crippen molar-refractivity contribution in [2.45, 2.75) is 6.92 Å². The molecule has 3 rings (SSSR count). The van der Waals surface area contributed by atoms with Crippen molar-refractivity contribution in [3.63, 3.8) is 0 Å². The van der Waals surface area contributed by atoms with Crippen molar-refractivity contribution in [2.75, 3.05) is 31.1 Å². The van der Waals surface area contributed by atoms with E-state index in [1.165, 1.54) is 12.1 Å². The van der Waals surface area contributed by atoms with Crippen LogP contribution in [-0.2, 0) is 0 Å². The first-order valence-electron chi connectivity index (χ1n) is 7.64. The number of aryl methyl sites for hydroxylation is 1. The van der Waals surface area contributed by atoms with Gasteiger partial charge in [-0.1, -0.05) is 18.2 Å². The van der Waals surface area contributed by atoms with Crippen LogP contribution in [0.4, 0.5) is 10.1 Å². The summed E-state index contributed by atoms with van der Waals surface area (Å²) < 4.78 is 13.4. The van der Waals surface area contributed by atoms with Crippen LogP contribution in [0.15, 0.2) is 42.5 Å². The molecular formula is C18H19FN2O2. The van der Waals surface area contributed by atoms with Crippen molar-refractivity contribution >= 4 is 11.6 Å². The van der Waals surface area contributed by atoms with Gasteiger partial charge in [-0.15, -0.1) is 0 Å². The van der Waals surface area contributed by atoms with Crippen LogP contribution in [0.3, 0.4) is 0 Å². The van der Waals surface area contributed by atoms with E-state index < -0.39 is 5.82 Å². The highest BCUT2D eigenvalue weighted by molar-refractivity contribution is 5.95. The average Bonchev–Trinajstić information content (AvgIpc) is 2.57. The van der Waals surface area contributed by atoms with Crippen molar-refractivity contribution in [3.05, 3.63) is 59.4 Å². The highest BCUT2D eigenvalue weighted by atomic mass is 19.1. The number of nitrogens with zero attached hydrogens (tertiary/aromatic N) is 2. The van der Waals surface area contributed by atoms with Gasteiger partial charge in [0.1, 0.15) is 11.6 Å². The standard InChI is InChI=1S/C18H19FN2O2/c1-13-6-7-14(19)12-15(13)18(23)21-10-8-20(9-11-21)16-4-2-3-5-17(16)22/h2-7,12,22H,8-11H2,1H3. The van der Waals surface area contributed by atoms with E-state index in [2.05, 4.69) is 4.90 Å². The number of hydrogen-bond acceptors (Lipinski definition) is 3. The minimum atomic E-state index is -0.396. The molecule has 0 bridgehead atoms. The minimum absolute atomic E-state index is 0.140. The number of para-hydroxylation sites is 2. The smallest absolute Gasteiger partial charge is 0.254 e. The molecule has 0 unspecified atom stereocenters. The molecule has 4 nitrogen and oxygen atoms in total. The maximum atomic E-state index is 13.4. The molecule has 2 aromatic carbocycles. The molecule has 2 aromatic rings. The van der Waals surface area contributed by atoms with Crippen molar-refractivity contribution < 1.29 is 14.3 Å². The molecule has 1 aliphatic rings. The molecule has 1 aliphatic heterocycles. The SMILES string of the molecule is Cc1ccc(F)cc1C(=O)N1CCN(c2ccccc2O)CC1. The number of amides is 1. The predicted molar refractivity (Wildman–Crippen MR) is 87.4 cm³/mol. The Hall–Kier alpha value is -2.56. The number of aromatic hydroxyl groups is 1. The molecular weight excluding hydrogens is 295 g/mol. The summed E-state index contributed by atoms with van der Waals surface area (Å²) in [7, 11) is 0. The van der Waals surface area contributed by atoms with E-state index in [1.807, 2.05) is 19.1 Å². The predicted octanol–water partition coefficient (Wildman–Crippen LogP) is 2.80. The molecule has 0 spiro atoms. The average molecular weight is 314 g/mol. The lowest BCUT2D eigenvalue weighted by molar-refractivity contribution is 0.0745. The quantitative estimate of drug-likeness (QED) is 0.927. The lowest BCUT2D eigenvalue weighted by Crippen LogP contribution is -2.49. The number of hydrogen-bond donors (Lipinski definition) is 1. The summed E-state index contributed by atoms with van der Waals surface area (Å²) in [5, 5.41) is 9.92. The molecule has 1 fully saturated rings. The molecule has 1 saturated heterocycles. The highest BCUT2D eigenvalue weighted by Crippen LogP contribution is 2.27. The topological polar surface area (TPSA) is 43.8 Å². The maximum Gasteiger partial charge on any atom is 0.254 e. The molecule has 1 amide bonds. The van der Waals surface area contributed by atoms with E-state index in [0.717, 1.165) is 11.3 Å². The molecule has 0 aliphatic carbocycles. The third kappa shape index (κ3) is 3.13. The van der Waals surface area contributed by atoms with E-state index in [4.69, 9.17) is 0 Å². The monoisotopic (exact) mass is 314 g/mol. The lowest BCUT2D eigenvalue weighted by Gasteiger charge is -2.36. The summed E-state index contributed by atoms with van der Waals surface area (Å²) >= 11 is 0. The molecule has 0 atom stereocenters. The fourth-order valence-corrected chi connectivity index (χ4v) is 2.88. The minimum Gasteiger partial charge on any atom is -0.506 e. The van der Waals surface area contributed by atoms with Crippen molar-refractivity contribution in [1.29, 1.82) is 0 Å². The molecule has 23 heavy (non-hydrogen) atoms. The Labute approximate surface area is 134 Å². The van der Waals surface area contributed by atoms with E-state index in [9.17, 15) is 14.3 Å². The summed E-state index contributed by atoms with van der Waals surface area (Å²) in [6, 6.07) is 11.5. The van der Waals surface area contributed by atoms with Crippen molar-refractivity contribution in [3.8, 4) is 5.75 Å². The zero-order valence-electron chi connectivity index (χ0n) is 13.0. The Morgan fingerprint density at radius 1 is 1.09 bits per heavy atom. The summed E-state index contributed by atoms with van der Waals surface area (Å²) in [4.78, 5) is 16.4. The Morgan fingerprint density at radius 3 is 2.48 bits per heavy atom. The van der Waals surface area contributed by atoms with Gasteiger partial charge in [0.05, 0.1) is 5.69 Å². The van der Waals surface area contributed by atoms with Gasteiger partial charge in [0.15, 0.2) is 0 Å². The van der Waals surface area contributed by atoms with Crippen molar-refractivity contribution in [2.24, 2.45) is 0 Å². The molecule has 1 heterocycles. The van der Waals surface area contributed by atoms with E-state index in [0.29, 0.717) is 31.7 Å². The molecule has 0 saturated carbocycles. The largest absolute Gasteiger partial charge is 0.506 e. The third-order valence-corrected chi connectivity index (χ3v) is 4.22. The molecule has 0 radical (unpaired) electrons. The van der Waals surface area contributed by atoms with Crippen LogP contribution in [0.2, 0.25) is 0 Å². The summed E-state index contributed by atoms with van der Waals surface area (Å²) in [6.45, 7) is 4.17. The normalized spacial score (nSPS) is 14.9. The van der Waals surface area contributed by atoms with Crippen molar-refractivity contribution in [1.82, 2.24) is 4.90 Å². The van der Waals surface area contributed by atoms with Crippen LogP contribution in [-0.4, -0.2) is 42.1 Å². The second kappa shape index (κ2) is 6.28. The van der Waals surface area contributed by atoms with Crippen LogP contribution in [0.5, 0.6) is 5.75 Å². The van der Waals surface area contributed by atoms with Gasteiger partial charge >= 0.3 is 0 Å². The summed E-state index contributed by atoms with van der Waals surface area (Å²) in [6.07, 6.45) is 0. The number of rotatable bonds is 2. The van der Waals surface area contributed by atoms with Gasteiger partial charge in [-0.2, -0.15) is 0 Å². The van der Waals surface area contributed by atoms with Crippen LogP contribution in [0.1, 0.15) is 15.9 Å². The number of carbonyl (C=O) groups is 1.